The summed E-state index contributed by atoms with van der Waals surface area (Å²) < 4.78 is 44.3. The van der Waals surface area contributed by atoms with Crippen molar-refractivity contribution in [1.29, 1.82) is 0 Å². The number of methoxy groups -OCH3 is 1. The van der Waals surface area contributed by atoms with Crippen molar-refractivity contribution in [1.82, 2.24) is 4.98 Å². The van der Waals surface area contributed by atoms with Gasteiger partial charge in [-0.25, -0.2) is 9.78 Å². The molecular formula is C42H39NO8S. The molecule has 6 aromatic rings. The largest absolute Gasteiger partial charge is 0.497 e. The first-order valence-corrected chi connectivity index (χ1v) is 18.0. The lowest BCUT2D eigenvalue weighted by molar-refractivity contribution is -0.240. The van der Waals surface area contributed by atoms with E-state index < -0.39 is 35.8 Å². The second-order valence-electron chi connectivity index (χ2n) is 12.2. The van der Waals surface area contributed by atoms with Gasteiger partial charge >= 0.3 is 5.97 Å². The number of nitrogens with zero attached hydrogens (tertiary/aromatic N) is 1. The Balaban J connectivity index is 1.24. The zero-order valence-electron chi connectivity index (χ0n) is 28.6. The maximum Gasteiger partial charge on any atom is 0.338 e. The predicted octanol–water partition coefficient (Wildman–Crippen LogP) is 8.27. The minimum Gasteiger partial charge on any atom is -0.497 e. The molecule has 0 aliphatic carbocycles. The van der Waals surface area contributed by atoms with Crippen molar-refractivity contribution in [3.63, 3.8) is 0 Å². The average molecular weight is 718 g/mol. The molecule has 0 N–H and O–H groups in total. The lowest BCUT2D eigenvalue weighted by Crippen LogP contribution is -2.60. The molecule has 0 unspecified atom stereocenters. The molecule has 1 aliphatic heterocycles. The fourth-order valence-electron chi connectivity index (χ4n) is 5.94. The molecule has 1 fully saturated rings. The average Bonchev–Trinajstić information content (AvgIpc) is 3.61. The van der Waals surface area contributed by atoms with Crippen molar-refractivity contribution in [2.45, 2.75) is 54.9 Å². The third-order valence-electron chi connectivity index (χ3n) is 8.62. The number of thioether (sulfide) groups is 1. The van der Waals surface area contributed by atoms with Crippen molar-refractivity contribution in [2.75, 3.05) is 13.7 Å². The van der Waals surface area contributed by atoms with Crippen molar-refractivity contribution in [3.05, 3.63) is 162 Å². The highest BCUT2D eigenvalue weighted by Gasteiger charge is 2.50. The molecule has 0 radical (unpaired) electrons. The van der Waals surface area contributed by atoms with Gasteiger partial charge in [0.15, 0.2) is 11.7 Å². The highest BCUT2D eigenvalue weighted by molar-refractivity contribution is 7.99. The highest BCUT2D eigenvalue weighted by atomic mass is 32.2. The number of fused-ring (bicyclic) bond motifs is 1. The first kappa shape index (κ1) is 35.4. The zero-order valence-corrected chi connectivity index (χ0v) is 29.4. The van der Waals surface area contributed by atoms with Crippen LogP contribution in [0.4, 0.5) is 0 Å². The summed E-state index contributed by atoms with van der Waals surface area (Å²) in [6.45, 7) is 0.951. The Morgan fingerprint density at radius 3 is 1.87 bits per heavy atom. The van der Waals surface area contributed by atoms with E-state index in [0.717, 1.165) is 22.2 Å². The molecule has 5 atom stereocenters. The summed E-state index contributed by atoms with van der Waals surface area (Å²) in [5.41, 5.74) is 3.99. The summed E-state index contributed by atoms with van der Waals surface area (Å²) in [5.74, 6) is 0.0896. The van der Waals surface area contributed by atoms with Crippen LogP contribution in [0.25, 0.3) is 11.1 Å². The second-order valence-corrected chi connectivity index (χ2v) is 13.3. The van der Waals surface area contributed by atoms with Gasteiger partial charge in [0.2, 0.25) is 0 Å². The van der Waals surface area contributed by atoms with Crippen LogP contribution in [-0.2, 0) is 43.5 Å². The van der Waals surface area contributed by atoms with Crippen LogP contribution in [0.15, 0.2) is 149 Å². The first-order valence-electron chi connectivity index (χ1n) is 17.1. The topological polar surface area (TPSA) is 98.5 Å². The van der Waals surface area contributed by atoms with Gasteiger partial charge in [0, 0.05) is 0 Å². The van der Waals surface area contributed by atoms with Gasteiger partial charge in [-0.1, -0.05) is 103 Å². The van der Waals surface area contributed by atoms with Crippen LogP contribution in [0, 0.1) is 0 Å². The number of benzene rings is 5. The lowest BCUT2D eigenvalue weighted by Gasteiger charge is -2.45. The molecule has 1 saturated heterocycles. The van der Waals surface area contributed by atoms with E-state index in [2.05, 4.69) is 0 Å². The summed E-state index contributed by atoms with van der Waals surface area (Å²) in [6.07, 6.45) is -3.18. The molecule has 0 spiro atoms. The van der Waals surface area contributed by atoms with Gasteiger partial charge < -0.3 is 32.8 Å². The van der Waals surface area contributed by atoms with Crippen LogP contribution in [0.3, 0.4) is 0 Å². The van der Waals surface area contributed by atoms with Crippen LogP contribution in [0.2, 0.25) is 0 Å². The Kier molecular flexibility index (Phi) is 11.9. The van der Waals surface area contributed by atoms with Gasteiger partial charge in [0.05, 0.1) is 39.1 Å². The SMILES string of the molecule is COc1ccc(C(=O)O[C@H]2[C@H](OCc3ccccc3)[C@H](OCc3ccccc3)[C@@H](Sc3nc4ccccc4o3)O[C@@H]2COCc2ccccc2)cc1. The first-order chi connectivity index (χ1) is 25.6. The zero-order chi connectivity index (χ0) is 35.5. The number of hydrogen-bond donors (Lipinski definition) is 0. The molecule has 1 aliphatic rings. The number of esters is 1. The van der Waals surface area contributed by atoms with Crippen LogP contribution in [0.5, 0.6) is 5.75 Å². The van der Waals surface area contributed by atoms with E-state index in [1.807, 2.05) is 115 Å². The standard InChI is InChI=1S/C42H39NO8S/c1-45-33-23-21-32(22-24-33)40(44)51-37-36(28-46-25-29-13-5-2-6-14-29)49-41(52-42-43-34-19-11-12-20-35(34)50-42)39(48-27-31-17-9-4-10-18-31)38(37)47-26-30-15-7-3-8-16-30/h2-24,36-39,41H,25-28H2,1H3/t36-,37-,38+,39+,41-/m1/s1. The summed E-state index contributed by atoms with van der Waals surface area (Å²) in [7, 11) is 1.58. The number of carbonyl (C=O) groups is 1. The van der Waals surface area contributed by atoms with Crippen molar-refractivity contribution < 1.29 is 37.6 Å². The van der Waals surface area contributed by atoms with Crippen LogP contribution in [-0.4, -0.2) is 54.5 Å². The van der Waals surface area contributed by atoms with Gasteiger partial charge in [-0.2, -0.15) is 0 Å². The number of oxazole rings is 1. The van der Waals surface area contributed by atoms with E-state index in [-0.39, 0.29) is 19.8 Å². The van der Waals surface area contributed by atoms with E-state index in [1.165, 1.54) is 11.8 Å². The third kappa shape index (κ3) is 9.08. The molecule has 0 amide bonds. The van der Waals surface area contributed by atoms with Crippen LogP contribution >= 0.6 is 11.8 Å². The quantitative estimate of drug-likeness (QED) is 0.0966. The molecule has 9 nitrogen and oxygen atoms in total. The van der Waals surface area contributed by atoms with E-state index in [0.29, 0.717) is 28.7 Å². The Labute approximate surface area is 306 Å². The molecule has 0 saturated carbocycles. The third-order valence-corrected chi connectivity index (χ3v) is 9.60. The van der Waals surface area contributed by atoms with Crippen molar-refractivity contribution in [2.24, 2.45) is 0 Å². The fourth-order valence-corrected chi connectivity index (χ4v) is 6.99. The van der Waals surface area contributed by atoms with E-state index in [1.54, 1.807) is 31.4 Å². The molecule has 0 bridgehead atoms. The number of hydrogen-bond acceptors (Lipinski definition) is 10. The van der Waals surface area contributed by atoms with E-state index in [9.17, 15) is 4.79 Å². The number of ether oxygens (including phenoxy) is 6. The molecule has 7 rings (SSSR count). The molecule has 2 heterocycles. The van der Waals surface area contributed by atoms with Crippen LogP contribution < -0.4 is 4.74 Å². The minimum atomic E-state index is -0.921. The maximum absolute atomic E-state index is 13.8. The Hall–Kier alpha value is -4.97. The number of rotatable bonds is 15. The molecule has 10 heteroatoms. The summed E-state index contributed by atoms with van der Waals surface area (Å²) in [5, 5.41) is 0.416. The van der Waals surface area contributed by atoms with Crippen molar-refractivity contribution >= 4 is 28.8 Å². The van der Waals surface area contributed by atoms with Crippen LogP contribution in [0.1, 0.15) is 27.0 Å². The van der Waals surface area contributed by atoms with Gasteiger partial charge in [0.1, 0.15) is 35.0 Å². The Morgan fingerprint density at radius 1 is 0.673 bits per heavy atom. The maximum atomic E-state index is 13.8. The number of carbonyl (C=O) groups excluding carboxylic acids is 1. The Morgan fingerprint density at radius 2 is 1.25 bits per heavy atom. The van der Waals surface area contributed by atoms with Gasteiger partial charge in [-0.05, 0) is 64.9 Å². The van der Waals surface area contributed by atoms with Crippen molar-refractivity contribution in [3.8, 4) is 5.75 Å². The fraction of sp³-hybridized carbons (Fsp3) is 0.238. The molecule has 1 aromatic heterocycles. The molecular weight excluding hydrogens is 679 g/mol. The Bertz CT molecular complexity index is 1960. The minimum absolute atomic E-state index is 0.108. The summed E-state index contributed by atoms with van der Waals surface area (Å²) in [6, 6.07) is 43.9. The molecule has 52 heavy (non-hydrogen) atoms. The number of aromatic nitrogens is 1. The van der Waals surface area contributed by atoms with E-state index >= 15 is 0 Å². The molecule has 5 aromatic carbocycles. The smallest absolute Gasteiger partial charge is 0.338 e. The lowest BCUT2D eigenvalue weighted by atomic mass is 9.98. The summed E-state index contributed by atoms with van der Waals surface area (Å²) >= 11 is 1.30. The predicted molar refractivity (Wildman–Crippen MR) is 197 cm³/mol. The van der Waals surface area contributed by atoms with E-state index in [4.69, 9.17) is 37.8 Å². The van der Waals surface area contributed by atoms with Gasteiger partial charge in [-0.15, -0.1) is 0 Å². The van der Waals surface area contributed by atoms with Gasteiger partial charge in [-0.3, -0.25) is 0 Å². The number of para-hydroxylation sites is 2. The molecule has 266 valence electrons. The van der Waals surface area contributed by atoms with Gasteiger partial charge in [0.25, 0.3) is 5.22 Å². The second kappa shape index (κ2) is 17.5. The summed E-state index contributed by atoms with van der Waals surface area (Å²) in [4.78, 5) is 18.6. The highest BCUT2D eigenvalue weighted by Crippen LogP contribution is 2.39. The monoisotopic (exact) mass is 717 g/mol. The normalized spacial score (nSPS) is 20.1.